The van der Waals surface area contributed by atoms with Gasteiger partial charge in [-0.15, -0.1) is 0 Å². The Bertz CT molecular complexity index is 279. The molecule has 5 nitrogen and oxygen atoms in total. The highest BCUT2D eigenvalue weighted by molar-refractivity contribution is 14.1. The first-order chi connectivity index (χ1) is 6.88. The third kappa shape index (κ3) is 2.73. The van der Waals surface area contributed by atoms with Gasteiger partial charge in [0.05, 0.1) is 42.4 Å². The number of esters is 1. The monoisotopic (exact) mass is 327 g/mol. The Morgan fingerprint density at radius 1 is 1.73 bits per heavy atom. The molecular weight excluding hydrogens is 313 g/mol. The van der Waals surface area contributed by atoms with Crippen LogP contribution in [0.25, 0.3) is 0 Å². The van der Waals surface area contributed by atoms with Gasteiger partial charge in [-0.05, 0) is 5.41 Å². The fourth-order valence-electron chi connectivity index (χ4n) is 1.50. The van der Waals surface area contributed by atoms with Crippen LogP contribution in [-0.2, 0) is 14.3 Å². The van der Waals surface area contributed by atoms with Gasteiger partial charge in [0.25, 0.3) is 0 Å². The van der Waals surface area contributed by atoms with Crippen LogP contribution in [0.5, 0.6) is 0 Å². The van der Waals surface area contributed by atoms with E-state index in [2.05, 4.69) is 4.74 Å². The van der Waals surface area contributed by atoms with Crippen LogP contribution in [0.4, 0.5) is 4.79 Å². The number of amides is 1. The topological polar surface area (TPSA) is 55.8 Å². The zero-order chi connectivity index (χ0) is 11.6. The van der Waals surface area contributed by atoms with Crippen molar-refractivity contribution in [3.05, 3.63) is 0 Å². The number of hydrogen-bond acceptors (Lipinski definition) is 4. The molecule has 1 rings (SSSR count). The molecule has 6 heteroatoms. The van der Waals surface area contributed by atoms with E-state index in [9.17, 15) is 9.59 Å². The van der Waals surface area contributed by atoms with Gasteiger partial charge in [0.1, 0.15) is 6.61 Å². The molecule has 0 aromatic carbocycles. The van der Waals surface area contributed by atoms with E-state index in [4.69, 9.17) is 4.74 Å². The number of halogens is 1. The van der Waals surface area contributed by atoms with Gasteiger partial charge in [-0.1, -0.05) is 13.8 Å². The summed E-state index contributed by atoms with van der Waals surface area (Å²) in [6.07, 6.45) is -0.0804. The van der Waals surface area contributed by atoms with Gasteiger partial charge in [-0.25, -0.2) is 7.91 Å². The van der Waals surface area contributed by atoms with Crippen molar-refractivity contribution in [2.24, 2.45) is 5.41 Å². The Kier molecular flexibility index (Phi) is 3.80. The molecule has 1 amide bonds. The summed E-state index contributed by atoms with van der Waals surface area (Å²) in [5.41, 5.74) is -0.347. The van der Waals surface area contributed by atoms with Crippen LogP contribution in [0.3, 0.4) is 0 Å². The summed E-state index contributed by atoms with van der Waals surface area (Å²) >= 11 is 1.91. The van der Waals surface area contributed by atoms with Crippen molar-refractivity contribution in [1.82, 2.24) is 3.11 Å². The fraction of sp³-hybridized carbons (Fsp3) is 0.778. The van der Waals surface area contributed by atoms with E-state index in [1.54, 1.807) is 0 Å². The molecule has 0 aliphatic carbocycles. The van der Waals surface area contributed by atoms with Crippen molar-refractivity contribution in [3.63, 3.8) is 0 Å². The summed E-state index contributed by atoms with van der Waals surface area (Å²) in [5, 5.41) is 0. The maximum Gasteiger partial charge on any atom is 0.419 e. The van der Waals surface area contributed by atoms with Crippen LogP contribution in [0.15, 0.2) is 0 Å². The molecule has 0 saturated carbocycles. The molecule has 0 radical (unpaired) electrons. The van der Waals surface area contributed by atoms with Gasteiger partial charge in [0.2, 0.25) is 0 Å². The predicted octanol–water partition coefficient (Wildman–Crippen LogP) is 1.75. The highest BCUT2D eigenvalue weighted by atomic mass is 127. The third-order valence-corrected chi connectivity index (χ3v) is 3.61. The lowest BCUT2D eigenvalue weighted by atomic mass is 9.82. The number of ether oxygens (including phenoxy) is 2. The normalized spacial score (nSPS) is 21.5. The van der Waals surface area contributed by atoms with Gasteiger partial charge in [-0.3, -0.25) is 4.79 Å². The highest BCUT2D eigenvalue weighted by Gasteiger charge is 2.43. The first-order valence-corrected chi connectivity index (χ1v) is 5.53. The number of carbonyl (C=O) groups excluding carboxylic acids is 2. The molecule has 15 heavy (non-hydrogen) atoms. The largest absolute Gasteiger partial charge is 0.469 e. The van der Waals surface area contributed by atoms with E-state index >= 15 is 0 Å². The molecular formula is C9H14INO4. The molecule has 0 bridgehead atoms. The van der Waals surface area contributed by atoms with Crippen molar-refractivity contribution < 1.29 is 19.1 Å². The summed E-state index contributed by atoms with van der Waals surface area (Å²) in [6.45, 7) is 4.16. The molecule has 86 valence electrons. The maximum absolute atomic E-state index is 11.2. The average molecular weight is 327 g/mol. The molecule has 0 N–H and O–H groups in total. The standard InChI is InChI=1S/C9H14INO4/c1-9(2,4-7(12)14-3)6-5-15-8(13)11(6)10/h6H,4-5H2,1-3H3. The van der Waals surface area contributed by atoms with E-state index in [1.165, 1.54) is 10.2 Å². The molecule has 1 aliphatic heterocycles. The zero-order valence-corrected chi connectivity index (χ0v) is 11.1. The number of nitrogens with zero attached hydrogens (tertiary/aromatic N) is 1. The van der Waals surface area contributed by atoms with Crippen molar-refractivity contribution in [1.29, 1.82) is 0 Å². The summed E-state index contributed by atoms with van der Waals surface area (Å²) in [5.74, 6) is -0.274. The Hall–Kier alpha value is -0.530. The average Bonchev–Trinajstić information content (AvgIpc) is 2.47. The Labute approximate surface area is 103 Å². The molecule has 0 aromatic heterocycles. The molecule has 0 spiro atoms. The van der Waals surface area contributed by atoms with Crippen molar-refractivity contribution in [2.45, 2.75) is 26.3 Å². The van der Waals surface area contributed by atoms with Crippen molar-refractivity contribution in [2.75, 3.05) is 13.7 Å². The third-order valence-electron chi connectivity index (χ3n) is 2.54. The van der Waals surface area contributed by atoms with Gasteiger partial charge in [0, 0.05) is 0 Å². The fourth-order valence-corrected chi connectivity index (χ4v) is 2.55. The lowest BCUT2D eigenvalue weighted by Crippen LogP contribution is -2.40. The van der Waals surface area contributed by atoms with E-state index < -0.39 is 0 Å². The number of hydrogen-bond donors (Lipinski definition) is 0. The minimum atomic E-state index is -0.349. The Morgan fingerprint density at radius 3 is 2.73 bits per heavy atom. The van der Waals surface area contributed by atoms with Crippen LogP contribution >= 0.6 is 22.9 Å². The second kappa shape index (κ2) is 4.54. The molecule has 1 atom stereocenters. The zero-order valence-electron chi connectivity index (χ0n) is 8.95. The van der Waals surface area contributed by atoms with Crippen LogP contribution in [-0.4, -0.2) is 34.9 Å². The smallest absolute Gasteiger partial charge is 0.419 e. The SMILES string of the molecule is COC(=O)CC(C)(C)C1COC(=O)N1I. The Balaban J connectivity index is 2.69. The predicted molar refractivity (Wildman–Crippen MR) is 61.4 cm³/mol. The van der Waals surface area contributed by atoms with Crippen LogP contribution in [0.2, 0.25) is 0 Å². The molecule has 1 saturated heterocycles. The van der Waals surface area contributed by atoms with Gasteiger partial charge < -0.3 is 9.47 Å². The molecule has 1 unspecified atom stereocenters. The van der Waals surface area contributed by atoms with Crippen LogP contribution in [0.1, 0.15) is 20.3 Å². The minimum absolute atomic E-state index is 0.0929. The van der Waals surface area contributed by atoms with E-state index in [0.29, 0.717) is 6.61 Å². The summed E-state index contributed by atoms with van der Waals surface area (Å²) < 4.78 is 11.0. The molecule has 1 aliphatic rings. The number of carbonyl (C=O) groups is 2. The van der Waals surface area contributed by atoms with Gasteiger partial charge in [-0.2, -0.15) is 0 Å². The van der Waals surface area contributed by atoms with Crippen molar-refractivity contribution in [3.8, 4) is 0 Å². The van der Waals surface area contributed by atoms with Crippen LogP contribution < -0.4 is 0 Å². The summed E-state index contributed by atoms with van der Waals surface area (Å²) in [6, 6.07) is -0.0929. The number of cyclic esters (lactones) is 1. The quantitative estimate of drug-likeness (QED) is 0.450. The summed E-state index contributed by atoms with van der Waals surface area (Å²) in [4.78, 5) is 22.4. The molecule has 1 heterocycles. The first kappa shape index (κ1) is 12.5. The number of methoxy groups -OCH3 is 1. The van der Waals surface area contributed by atoms with Crippen LogP contribution in [0, 0.1) is 5.41 Å². The number of rotatable bonds is 3. The van der Waals surface area contributed by atoms with Gasteiger partial charge >= 0.3 is 12.1 Å². The summed E-state index contributed by atoms with van der Waals surface area (Å²) in [7, 11) is 1.36. The molecule has 0 aromatic rings. The highest BCUT2D eigenvalue weighted by Crippen LogP contribution is 2.35. The lowest BCUT2D eigenvalue weighted by Gasteiger charge is -2.31. The second-order valence-electron chi connectivity index (χ2n) is 4.15. The van der Waals surface area contributed by atoms with Crippen molar-refractivity contribution >= 4 is 34.9 Å². The molecule has 1 fully saturated rings. The second-order valence-corrected chi connectivity index (χ2v) is 5.18. The maximum atomic E-state index is 11.2. The van der Waals surface area contributed by atoms with E-state index in [-0.39, 0.29) is 29.9 Å². The van der Waals surface area contributed by atoms with E-state index in [1.807, 2.05) is 36.7 Å². The first-order valence-electron chi connectivity index (χ1n) is 4.57. The minimum Gasteiger partial charge on any atom is -0.469 e. The van der Waals surface area contributed by atoms with Gasteiger partial charge in [0.15, 0.2) is 0 Å². The Morgan fingerprint density at radius 2 is 2.33 bits per heavy atom. The van der Waals surface area contributed by atoms with E-state index in [0.717, 1.165) is 0 Å². The lowest BCUT2D eigenvalue weighted by molar-refractivity contribution is -0.143.